The van der Waals surface area contributed by atoms with Crippen molar-refractivity contribution in [3.05, 3.63) is 138 Å². The molecule has 12 nitrogen and oxygen atoms in total. The van der Waals surface area contributed by atoms with Gasteiger partial charge in [-0.25, -0.2) is 0 Å². The van der Waals surface area contributed by atoms with E-state index >= 15 is 0 Å². The van der Waals surface area contributed by atoms with Gasteiger partial charge in [-0.15, -0.1) is 0 Å². The van der Waals surface area contributed by atoms with E-state index in [0.29, 0.717) is 6.61 Å². The molecule has 5 saturated heterocycles. The Hall–Kier alpha value is -4.15. The quantitative estimate of drug-likeness (QED) is 0.120. The van der Waals surface area contributed by atoms with Gasteiger partial charge in [-0.2, -0.15) is 0 Å². The Balaban J connectivity index is 1.16. The van der Waals surface area contributed by atoms with Crippen LogP contribution in [0.2, 0.25) is 0 Å². The monoisotopic (exact) mass is 839 g/mol. The molecule has 5 aliphatic heterocycles. The average Bonchev–Trinajstić information content (AvgIpc) is 3.61. The molecule has 11 atom stereocenters. The number of fused-ring (bicyclic) bond motifs is 3. The third-order valence-corrected chi connectivity index (χ3v) is 12.4. The number of carbonyl (C=O) groups is 2. The molecule has 1 N–H and O–H groups in total. The van der Waals surface area contributed by atoms with Crippen LogP contribution in [0.3, 0.4) is 0 Å². The zero-order valence-electron chi connectivity index (χ0n) is 34.3. The number of thioether (sulfide) groups is 1. The predicted octanol–water partition coefficient (Wildman–Crippen LogP) is 6.73. The van der Waals surface area contributed by atoms with Gasteiger partial charge in [0.2, 0.25) is 4.93 Å². The van der Waals surface area contributed by atoms with E-state index in [1.54, 1.807) is 0 Å². The minimum Gasteiger partial charge on any atom is -0.460 e. The van der Waals surface area contributed by atoms with Crippen molar-refractivity contribution in [2.24, 2.45) is 0 Å². The van der Waals surface area contributed by atoms with Crippen molar-refractivity contribution in [3.63, 3.8) is 0 Å². The van der Waals surface area contributed by atoms with E-state index < -0.39 is 77.9 Å². The van der Waals surface area contributed by atoms with Crippen molar-refractivity contribution < 1.29 is 52.2 Å². The van der Waals surface area contributed by atoms with E-state index in [-0.39, 0.29) is 32.1 Å². The lowest BCUT2D eigenvalue weighted by molar-refractivity contribution is -0.346. The Morgan fingerprint density at radius 3 is 1.83 bits per heavy atom. The summed E-state index contributed by atoms with van der Waals surface area (Å²) in [6.07, 6.45) is -6.78. The Morgan fingerprint density at radius 2 is 1.30 bits per heavy atom. The summed E-state index contributed by atoms with van der Waals surface area (Å²) >= 11 is 1.27. The topological polar surface area (TPSA) is 129 Å². The summed E-state index contributed by atoms with van der Waals surface area (Å²) in [6.45, 7) is 7.95. The van der Waals surface area contributed by atoms with E-state index in [9.17, 15) is 9.59 Å². The molecule has 2 bridgehead atoms. The number of ether oxygens (including phenoxy) is 9. The standard InChI is InChI=1S/C47H53NO11S/c1-30-39(51-26-32-17-9-5-10-18-32)42(52-27-33-19-11-6-12-20-33)43(53-28-34-21-13-7-14-22-34)44(55-30)57-40(37-29-54-46(3,4)58-37)41-38-36(56-31(2)49)25-47(59-41,45(50)48-38)60-35-23-15-8-16-24-35/h5-24,30,36-44H,25-29H2,1-4H3,(H,48,50)/t30-,36?,37+,38?,39+,40+,41?,42+,43-,44?,47?/m0/s1. The summed E-state index contributed by atoms with van der Waals surface area (Å²) < 4.78 is 60.0. The molecule has 60 heavy (non-hydrogen) atoms. The number of benzene rings is 4. The molecule has 4 aromatic carbocycles. The highest BCUT2D eigenvalue weighted by molar-refractivity contribution is 8.01. The van der Waals surface area contributed by atoms with Gasteiger partial charge in [-0.1, -0.05) is 121 Å². The van der Waals surface area contributed by atoms with E-state index in [4.69, 9.17) is 42.6 Å². The highest BCUT2D eigenvalue weighted by Crippen LogP contribution is 2.49. The fourth-order valence-corrected chi connectivity index (χ4v) is 9.54. The molecular formula is C47H53NO11S. The second kappa shape index (κ2) is 18.9. The van der Waals surface area contributed by atoms with Crippen molar-refractivity contribution in [2.45, 2.75) is 131 Å². The van der Waals surface area contributed by atoms with E-state index in [0.717, 1.165) is 21.6 Å². The minimum absolute atomic E-state index is 0.134. The summed E-state index contributed by atoms with van der Waals surface area (Å²) in [4.78, 5) is 25.9. The van der Waals surface area contributed by atoms with Crippen LogP contribution in [0.4, 0.5) is 0 Å². The van der Waals surface area contributed by atoms with Crippen LogP contribution in [-0.4, -0.2) is 90.4 Å². The molecule has 5 heterocycles. The molecule has 5 unspecified atom stereocenters. The first kappa shape index (κ1) is 42.5. The summed E-state index contributed by atoms with van der Waals surface area (Å²) in [6, 6.07) is 38.5. The SMILES string of the molecule is CC(=O)OC1CC2(Sc3ccccc3)OC([C@H](OC3O[C@@H](C)[C@@H](OCc4ccccc4)[C@@H](OCc4ccccc4)[C@@H]3OCc3ccccc3)[C@H]3COC(C)(C)O3)C1NC2=O. The van der Waals surface area contributed by atoms with Crippen LogP contribution in [-0.2, 0) is 72.0 Å². The lowest BCUT2D eigenvalue weighted by atomic mass is 9.85. The van der Waals surface area contributed by atoms with Gasteiger partial charge in [-0.05, 0) is 49.6 Å². The minimum atomic E-state index is -1.46. The van der Waals surface area contributed by atoms with Gasteiger partial charge in [0.25, 0.3) is 5.91 Å². The number of nitrogens with one attached hydrogen (secondary N) is 1. The lowest BCUT2D eigenvalue weighted by Gasteiger charge is -2.55. The summed E-state index contributed by atoms with van der Waals surface area (Å²) in [5.74, 6) is -1.74. The number of esters is 1. The average molecular weight is 840 g/mol. The first-order valence-corrected chi connectivity index (χ1v) is 21.4. The van der Waals surface area contributed by atoms with Gasteiger partial charge in [0.1, 0.15) is 42.7 Å². The van der Waals surface area contributed by atoms with Crippen molar-refractivity contribution in [2.75, 3.05) is 6.61 Å². The molecule has 0 aromatic heterocycles. The second-order valence-corrected chi connectivity index (χ2v) is 17.4. The third kappa shape index (κ3) is 9.97. The maximum Gasteiger partial charge on any atom is 0.302 e. The van der Waals surface area contributed by atoms with Crippen LogP contribution in [0.5, 0.6) is 0 Å². The maximum atomic E-state index is 14.0. The zero-order valence-corrected chi connectivity index (χ0v) is 35.1. The molecule has 5 fully saturated rings. The first-order valence-electron chi connectivity index (χ1n) is 20.6. The predicted molar refractivity (Wildman–Crippen MR) is 221 cm³/mol. The molecular weight excluding hydrogens is 787 g/mol. The number of amides is 1. The van der Waals surface area contributed by atoms with E-state index in [1.165, 1.54) is 18.7 Å². The van der Waals surface area contributed by atoms with Crippen molar-refractivity contribution in [3.8, 4) is 0 Å². The van der Waals surface area contributed by atoms with Gasteiger partial charge < -0.3 is 47.9 Å². The third-order valence-electron chi connectivity index (χ3n) is 11.1. The van der Waals surface area contributed by atoms with Gasteiger partial charge in [0, 0.05) is 18.2 Å². The number of hydrogen-bond acceptors (Lipinski definition) is 12. The fraction of sp³-hybridized carbons (Fsp3) is 0.447. The lowest BCUT2D eigenvalue weighted by Crippen LogP contribution is -2.75. The summed E-state index contributed by atoms with van der Waals surface area (Å²) in [5, 5.41) is 3.14. The first-order chi connectivity index (χ1) is 29.1. The molecule has 4 aromatic rings. The van der Waals surface area contributed by atoms with Gasteiger partial charge in [0.05, 0.1) is 38.6 Å². The van der Waals surface area contributed by atoms with Crippen LogP contribution in [0, 0.1) is 0 Å². The van der Waals surface area contributed by atoms with Crippen LogP contribution in [0.1, 0.15) is 50.8 Å². The van der Waals surface area contributed by atoms with Crippen molar-refractivity contribution >= 4 is 23.6 Å². The molecule has 0 radical (unpaired) electrons. The molecule has 318 valence electrons. The number of rotatable bonds is 16. The molecule has 0 spiro atoms. The largest absolute Gasteiger partial charge is 0.460 e. The Labute approximate surface area is 355 Å². The van der Waals surface area contributed by atoms with Gasteiger partial charge in [0.15, 0.2) is 12.1 Å². The van der Waals surface area contributed by atoms with Crippen LogP contribution in [0.25, 0.3) is 0 Å². The molecule has 5 aliphatic rings. The summed E-state index contributed by atoms with van der Waals surface area (Å²) in [5.41, 5.74) is 2.93. The van der Waals surface area contributed by atoms with Crippen LogP contribution < -0.4 is 5.32 Å². The molecule has 13 heteroatoms. The zero-order chi connectivity index (χ0) is 41.7. The highest BCUT2D eigenvalue weighted by Gasteiger charge is 2.63. The normalized spacial score (nSPS) is 31.3. The molecule has 0 aliphatic carbocycles. The van der Waals surface area contributed by atoms with E-state index in [1.807, 2.05) is 142 Å². The van der Waals surface area contributed by atoms with Crippen LogP contribution in [0.15, 0.2) is 126 Å². The van der Waals surface area contributed by atoms with Gasteiger partial charge in [-0.3, -0.25) is 9.59 Å². The molecule has 1 amide bonds. The Kier molecular flexibility index (Phi) is 13.4. The second-order valence-electron chi connectivity index (χ2n) is 16.1. The number of hydrogen-bond donors (Lipinski definition) is 1. The molecule has 0 saturated carbocycles. The van der Waals surface area contributed by atoms with Crippen molar-refractivity contribution in [1.82, 2.24) is 5.32 Å². The molecule has 9 rings (SSSR count). The van der Waals surface area contributed by atoms with Crippen molar-refractivity contribution in [1.29, 1.82) is 0 Å². The van der Waals surface area contributed by atoms with Crippen LogP contribution >= 0.6 is 11.8 Å². The smallest absolute Gasteiger partial charge is 0.302 e. The number of piperidine rings is 1. The van der Waals surface area contributed by atoms with E-state index in [2.05, 4.69) is 5.32 Å². The van der Waals surface area contributed by atoms with Gasteiger partial charge >= 0.3 is 5.97 Å². The Morgan fingerprint density at radius 1 is 0.767 bits per heavy atom. The highest BCUT2D eigenvalue weighted by atomic mass is 32.2. The number of morpholine rings is 1. The maximum absolute atomic E-state index is 14.0. The Bertz CT molecular complexity index is 2010. The summed E-state index contributed by atoms with van der Waals surface area (Å²) in [7, 11) is 0. The number of carbonyl (C=O) groups excluding carboxylic acids is 2. The fourth-order valence-electron chi connectivity index (χ4n) is 8.30.